The summed E-state index contributed by atoms with van der Waals surface area (Å²) in [5.41, 5.74) is 8.62. The number of thiophene rings is 1. The number of rotatable bonds is 6. The van der Waals surface area contributed by atoms with E-state index in [1.165, 1.54) is 29.2 Å². The van der Waals surface area contributed by atoms with Gasteiger partial charge in [-0.2, -0.15) is 0 Å². The highest BCUT2D eigenvalue weighted by atomic mass is 79.9. The average Bonchev–Trinajstić information content (AvgIpc) is 3.42. The first-order valence-electron chi connectivity index (χ1n) is 8.97. The lowest BCUT2D eigenvalue weighted by molar-refractivity contribution is 0.392. The maximum atomic E-state index is 13.5. The van der Waals surface area contributed by atoms with Gasteiger partial charge in [0.25, 0.3) is 0 Å². The summed E-state index contributed by atoms with van der Waals surface area (Å²) >= 11 is 5.98. The molecule has 4 rings (SSSR count). The lowest BCUT2D eigenvalue weighted by atomic mass is 10.2. The first-order chi connectivity index (χ1) is 14.6. The molecule has 31 heavy (non-hydrogen) atoms. The minimum Gasteiger partial charge on any atom is -0.383 e. The molecule has 0 saturated heterocycles. The van der Waals surface area contributed by atoms with Gasteiger partial charge in [-0.3, -0.25) is 5.41 Å². The number of fused-ring (bicyclic) bond motifs is 1. The van der Waals surface area contributed by atoms with Crippen LogP contribution in [0, 0.1) is 19.3 Å². The summed E-state index contributed by atoms with van der Waals surface area (Å²) in [7, 11) is -3.85. The van der Waals surface area contributed by atoms with E-state index in [4.69, 9.17) is 15.7 Å². The van der Waals surface area contributed by atoms with Crippen molar-refractivity contribution in [3.63, 3.8) is 0 Å². The molecule has 8 nitrogen and oxygen atoms in total. The van der Waals surface area contributed by atoms with Crippen LogP contribution in [0.3, 0.4) is 0 Å². The summed E-state index contributed by atoms with van der Waals surface area (Å²) in [4.78, 5) is 5.15. The molecule has 4 aromatic rings. The van der Waals surface area contributed by atoms with E-state index in [0.717, 1.165) is 11.3 Å². The summed E-state index contributed by atoms with van der Waals surface area (Å²) in [5.74, 6) is 0.553. The van der Waals surface area contributed by atoms with Crippen molar-refractivity contribution in [3.05, 3.63) is 50.9 Å². The van der Waals surface area contributed by atoms with Gasteiger partial charge in [0.1, 0.15) is 17.1 Å². The Bertz CT molecular complexity index is 1420. The van der Waals surface area contributed by atoms with Crippen LogP contribution in [-0.2, 0) is 16.4 Å². The fraction of sp³-hybridized carbons (Fsp3) is 0.211. The molecule has 3 heterocycles. The highest BCUT2D eigenvalue weighted by Gasteiger charge is 2.26. The molecule has 0 radical (unpaired) electrons. The molecule has 0 amide bonds. The Morgan fingerprint density at radius 2 is 2.10 bits per heavy atom. The third-order valence-corrected chi connectivity index (χ3v) is 9.80. The highest BCUT2D eigenvalue weighted by molar-refractivity contribution is 9.10. The van der Waals surface area contributed by atoms with E-state index < -0.39 is 9.84 Å². The van der Waals surface area contributed by atoms with Gasteiger partial charge in [0.05, 0.1) is 43.0 Å². The first-order valence-corrected chi connectivity index (χ1v) is 13.3. The van der Waals surface area contributed by atoms with E-state index in [9.17, 15) is 8.42 Å². The van der Waals surface area contributed by atoms with Crippen LogP contribution in [0.1, 0.15) is 21.9 Å². The van der Waals surface area contributed by atoms with Crippen molar-refractivity contribution in [1.29, 1.82) is 5.41 Å². The number of imidazole rings is 1. The predicted molar refractivity (Wildman–Crippen MR) is 125 cm³/mol. The molecule has 3 N–H and O–H groups in total. The van der Waals surface area contributed by atoms with Gasteiger partial charge in [0.15, 0.2) is 0 Å². The second-order valence-corrected chi connectivity index (χ2v) is 11.7. The Balaban J connectivity index is 1.86. The van der Waals surface area contributed by atoms with Crippen molar-refractivity contribution in [1.82, 2.24) is 14.7 Å². The number of aryl methyl sites for hydroxylation is 2. The molecule has 0 aliphatic heterocycles. The summed E-state index contributed by atoms with van der Waals surface area (Å²) in [6.45, 7) is 4.16. The summed E-state index contributed by atoms with van der Waals surface area (Å²) in [6, 6.07) is 4.64. The maximum Gasteiger partial charge on any atom is 0.208 e. The molecule has 0 bridgehead atoms. The van der Waals surface area contributed by atoms with E-state index in [-0.39, 0.29) is 15.6 Å². The molecule has 0 unspecified atom stereocenters. The molecule has 0 fully saturated rings. The number of halogens is 1. The number of amidine groups is 1. The van der Waals surface area contributed by atoms with Crippen LogP contribution in [0.15, 0.2) is 47.5 Å². The van der Waals surface area contributed by atoms with Crippen LogP contribution in [0.25, 0.3) is 11.0 Å². The maximum absolute atomic E-state index is 13.5. The topological polar surface area (TPSA) is 128 Å². The van der Waals surface area contributed by atoms with E-state index in [2.05, 4.69) is 26.1 Å². The van der Waals surface area contributed by atoms with Crippen molar-refractivity contribution in [2.75, 3.05) is 6.26 Å². The van der Waals surface area contributed by atoms with Crippen LogP contribution >= 0.6 is 39.0 Å². The Morgan fingerprint density at radius 3 is 2.71 bits per heavy atom. The van der Waals surface area contributed by atoms with Gasteiger partial charge >= 0.3 is 0 Å². The SMILES string of the molecule is CSc1sc(C(=N)N)cc1S(=O)(=O)c1cc(Br)c2ncn(Cc3c(C)noc3C)c2c1. The molecule has 0 spiro atoms. The molecule has 0 saturated carbocycles. The van der Waals surface area contributed by atoms with Gasteiger partial charge in [0, 0.05) is 10.0 Å². The lowest BCUT2D eigenvalue weighted by Crippen LogP contribution is -2.09. The Kier molecular flexibility index (Phi) is 5.75. The second-order valence-electron chi connectivity index (χ2n) is 6.83. The summed E-state index contributed by atoms with van der Waals surface area (Å²) in [6.07, 6.45) is 3.47. The lowest BCUT2D eigenvalue weighted by Gasteiger charge is -2.08. The number of hydrogen-bond acceptors (Lipinski definition) is 8. The smallest absolute Gasteiger partial charge is 0.208 e. The predicted octanol–water partition coefficient (Wildman–Crippen LogP) is 4.35. The van der Waals surface area contributed by atoms with Crippen molar-refractivity contribution in [3.8, 4) is 0 Å². The fourth-order valence-electron chi connectivity index (χ4n) is 3.22. The zero-order valence-corrected chi connectivity index (χ0v) is 20.8. The van der Waals surface area contributed by atoms with Crippen molar-refractivity contribution >= 4 is 65.7 Å². The van der Waals surface area contributed by atoms with E-state index in [1.54, 1.807) is 24.7 Å². The minimum absolute atomic E-state index is 0.135. The Morgan fingerprint density at radius 1 is 1.35 bits per heavy atom. The normalized spacial score (nSPS) is 12.0. The number of nitrogens with two attached hydrogens (primary N) is 1. The Hall–Kier alpha value is -2.15. The fourth-order valence-corrected chi connectivity index (χ4v) is 7.83. The van der Waals surface area contributed by atoms with Gasteiger partial charge in [-0.1, -0.05) is 5.16 Å². The number of hydrogen-bond donors (Lipinski definition) is 2. The van der Waals surface area contributed by atoms with Gasteiger partial charge < -0.3 is 14.8 Å². The zero-order chi connectivity index (χ0) is 22.5. The third-order valence-electron chi connectivity index (χ3n) is 4.88. The summed E-state index contributed by atoms with van der Waals surface area (Å²) in [5, 5.41) is 11.6. The Labute approximate surface area is 195 Å². The summed E-state index contributed by atoms with van der Waals surface area (Å²) < 4.78 is 35.3. The minimum atomic E-state index is -3.85. The number of nitrogens with one attached hydrogen (secondary N) is 1. The van der Waals surface area contributed by atoms with Crippen LogP contribution in [-0.4, -0.2) is 35.2 Å². The molecule has 0 aliphatic rings. The number of aromatic nitrogens is 3. The van der Waals surface area contributed by atoms with Crippen molar-refractivity contribution < 1.29 is 12.9 Å². The second kappa shape index (κ2) is 8.08. The number of nitrogen functional groups attached to an aromatic ring is 1. The third kappa shape index (κ3) is 3.81. The van der Waals surface area contributed by atoms with Crippen LogP contribution < -0.4 is 5.73 Å². The number of nitrogens with zero attached hydrogens (tertiary/aromatic N) is 3. The molecule has 0 aliphatic carbocycles. The highest BCUT2D eigenvalue weighted by Crippen LogP contribution is 2.38. The number of thioether (sulfide) groups is 1. The van der Waals surface area contributed by atoms with Gasteiger partial charge in [-0.25, -0.2) is 13.4 Å². The van der Waals surface area contributed by atoms with Crippen molar-refractivity contribution in [2.24, 2.45) is 5.73 Å². The van der Waals surface area contributed by atoms with E-state index >= 15 is 0 Å². The quantitative estimate of drug-likeness (QED) is 0.211. The molecular weight excluding hydrogens is 522 g/mol. The molecular formula is C19H18BrN5O3S3. The molecule has 162 valence electrons. The average molecular weight is 540 g/mol. The number of benzene rings is 1. The van der Waals surface area contributed by atoms with E-state index in [0.29, 0.717) is 36.9 Å². The monoisotopic (exact) mass is 539 g/mol. The standard InChI is InChI=1S/C19H18BrN5O3S3/c1-9-12(10(2)28-24-9)7-25-8-23-17-13(20)4-11(5-14(17)25)31(26,27)16-6-15(18(21)22)30-19(16)29-3/h4-6,8H,7H2,1-3H3,(H3,21,22). The largest absolute Gasteiger partial charge is 0.383 e. The van der Waals surface area contributed by atoms with Crippen LogP contribution in [0.4, 0.5) is 0 Å². The van der Waals surface area contributed by atoms with Crippen LogP contribution in [0.2, 0.25) is 0 Å². The molecule has 0 atom stereocenters. The zero-order valence-electron chi connectivity index (χ0n) is 16.8. The first kappa shape index (κ1) is 22.1. The van der Waals surface area contributed by atoms with E-state index in [1.807, 2.05) is 18.4 Å². The molecule has 1 aromatic carbocycles. The van der Waals surface area contributed by atoms with Gasteiger partial charge in [-0.15, -0.1) is 23.1 Å². The number of sulfone groups is 1. The van der Waals surface area contributed by atoms with Gasteiger partial charge in [-0.05, 0) is 54.2 Å². The van der Waals surface area contributed by atoms with Crippen LogP contribution in [0.5, 0.6) is 0 Å². The van der Waals surface area contributed by atoms with Crippen molar-refractivity contribution in [2.45, 2.75) is 34.4 Å². The molecule has 3 aromatic heterocycles. The molecule has 12 heteroatoms. The van der Waals surface area contributed by atoms with Gasteiger partial charge in [0.2, 0.25) is 9.84 Å².